The summed E-state index contributed by atoms with van der Waals surface area (Å²) < 4.78 is 5.16. The van der Waals surface area contributed by atoms with Crippen LogP contribution < -0.4 is 16.0 Å². The third kappa shape index (κ3) is 5.08. The Labute approximate surface area is 185 Å². The van der Waals surface area contributed by atoms with Gasteiger partial charge in [0.25, 0.3) is 0 Å². The second kappa shape index (κ2) is 10.00. The quantitative estimate of drug-likeness (QED) is 0.408. The number of hydrogen-bond donors (Lipinski definition) is 4. The molecule has 3 aromatic rings. The van der Waals surface area contributed by atoms with E-state index < -0.39 is 18.2 Å². The Bertz CT molecular complexity index is 1100. The van der Waals surface area contributed by atoms with Gasteiger partial charge in [0.1, 0.15) is 18.7 Å². The highest BCUT2D eigenvalue weighted by atomic mass is 16.5. The van der Waals surface area contributed by atoms with Crippen molar-refractivity contribution in [2.75, 3.05) is 6.54 Å². The van der Waals surface area contributed by atoms with Crippen molar-refractivity contribution in [2.24, 2.45) is 0 Å². The molecule has 1 aromatic heterocycles. The summed E-state index contributed by atoms with van der Waals surface area (Å²) in [4.78, 5) is 40.1. The zero-order valence-corrected chi connectivity index (χ0v) is 17.6. The number of rotatable bonds is 8. The monoisotopic (exact) mass is 434 g/mol. The number of carbonyl (C=O) groups is 3. The molecule has 0 radical (unpaired) electrons. The average molecular weight is 434 g/mol. The molecule has 0 bridgehead atoms. The van der Waals surface area contributed by atoms with E-state index >= 15 is 0 Å². The molecule has 8 nitrogen and oxygen atoms in total. The van der Waals surface area contributed by atoms with Crippen LogP contribution in [0, 0.1) is 0 Å². The number of amides is 3. The number of carbonyl (C=O) groups excluding carboxylic acids is 3. The molecule has 1 fully saturated rings. The molecule has 4 rings (SSSR count). The van der Waals surface area contributed by atoms with Crippen LogP contribution in [-0.4, -0.2) is 35.5 Å². The molecule has 3 amide bonds. The number of ether oxygens (including phenoxy) is 1. The molecule has 0 unspecified atom stereocenters. The summed E-state index contributed by atoms with van der Waals surface area (Å²) >= 11 is 0. The van der Waals surface area contributed by atoms with Gasteiger partial charge in [-0.2, -0.15) is 0 Å². The van der Waals surface area contributed by atoms with Gasteiger partial charge in [-0.05, 0) is 30.9 Å². The molecule has 166 valence electrons. The Morgan fingerprint density at radius 2 is 1.72 bits per heavy atom. The molecule has 32 heavy (non-hydrogen) atoms. The first kappa shape index (κ1) is 21.4. The Kier molecular flexibility index (Phi) is 6.69. The van der Waals surface area contributed by atoms with Gasteiger partial charge < -0.3 is 25.7 Å². The van der Waals surface area contributed by atoms with Gasteiger partial charge in [0.15, 0.2) is 0 Å². The number of fused-ring (bicyclic) bond motifs is 1. The molecule has 0 saturated carbocycles. The highest BCUT2D eigenvalue weighted by Gasteiger charge is 2.35. The van der Waals surface area contributed by atoms with Gasteiger partial charge in [0.05, 0.1) is 0 Å². The van der Waals surface area contributed by atoms with Gasteiger partial charge in [-0.15, -0.1) is 0 Å². The number of H-pyrrole nitrogens is 1. The number of aromatic amines is 1. The first-order valence-corrected chi connectivity index (χ1v) is 10.7. The molecule has 1 aliphatic heterocycles. The summed E-state index contributed by atoms with van der Waals surface area (Å²) in [7, 11) is 0. The Hall–Kier alpha value is -3.81. The van der Waals surface area contributed by atoms with E-state index in [4.69, 9.17) is 4.74 Å². The van der Waals surface area contributed by atoms with E-state index in [1.54, 1.807) is 6.20 Å². The van der Waals surface area contributed by atoms with Crippen LogP contribution in [0.1, 0.15) is 36.4 Å². The Morgan fingerprint density at radius 3 is 2.56 bits per heavy atom. The molecule has 0 aliphatic carbocycles. The van der Waals surface area contributed by atoms with Crippen molar-refractivity contribution >= 4 is 28.8 Å². The maximum atomic E-state index is 12.6. The molecule has 0 spiro atoms. The molecular weight excluding hydrogens is 408 g/mol. The van der Waals surface area contributed by atoms with Crippen LogP contribution >= 0.6 is 0 Å². The minimum absolute atomic E-state index is 0.199. The maximum Gasteiger partial charge on any atom is 0.407 e. The Morgan fingerprint density at radius 1 is 0.938 bits per heavy atom. The molecule has 2 heterocycles. The zero-order chi connectivity index (χ0) is 22.3. The van der Waals surface area contributed by atoms with Gasteiger partial charge in [-0.25, -0.2) is 4.79 Å². The van der Waals surface area contributed by atoms with Crippen LogP contribution in [0.3, 0.4) is 0 Å². The molecule has 2 atom stereocenters. The van der Waals surface area contributed by atoms with Crippen LogP contribution in [0.25, 0.3) is 10.9 Å². The molecule has 8 heteroatoms. The van der Waals surface area contributed by atoms with Crippen molar-refractivity contribution in [3.63, 3.8) is 0 Å². The van der Waals surface area contributed by atoms with Crippen molar-refractivity contribution in [3.8, 4) is 0 Å². The first-order chi connectivity index (χ1) is 15.6. The number of benzene rings is 2. The van der Waals surface area contributed by atoms with Crippen LogP contribution in [0.15, 0.2) is 60.8 Å². The standard InChI is InChI=1S/C24H26N4O4/c29-22-20(12-6-7-13-25-24(31)32-15-16-8-2-1-3-9-16)27-23(30)21(28-22)18-14-26-19-11-5-4-10-17(18)19/h1-5,8-11,14,20-21,26H,6-7,12-13,15H2,(H,25,31)(H,27,30)(H,28,29)/t20-,21-/m0/s1. The number of alkyl carbamates (subject to hydrolysis) is 1. The van der Waals surface area contributed by atoms with E-state index in [2.05, 4.69) is 20.9 Å². The van der Waals surface area contributed by atoms with Gasteiger partial charge in [0.2, 0.25) is 11.8 Å². The lowest BCUT2D eigenvalue weighted by Gasteiger charge is -2.29. The van der Waals surface area contributed by atoms with Crippen LogP contribution in [0.4, 0.5) is 4.79 Å². The van der Waals surface area contributed by atoms with Crippen molar-refractivity contribution < 1.29 is 19.1 Å². The fraction of sp³-hybridized carbons (Fsp3) is 0.292. The average Bonchev–Trinajstić information content (AvgIpc) is 3.24. The fourth-order valence-electron chi connectivity index (χ4n) is 3.82. The zero-order valence-electron chi connectivity index (χ0n) is 17.6. The van der Waals surface area contributed by atoms with E-state index in [1.165, 1.54) is 0 Å². The number of aromatic nitrogens is 1. The smallest absolute Gasteiger partial charge is 0.407 e. The predicted molar refractivity (Wildman–Crippen MR) is 120 cm³/mol. The van der Waals surface area contributed by atoms with Gasteiger partial charge in [-0.1, -0.05) is 48.5 Å². The van der Waals surface area contributed by atoms with Crippen molar-refractivity contribution in [3.05, 3.63) is 71.9 Å². The number of hydrogen-bond acceptors (Lipinski definition) is 4. The fourth-order valence-corrected chi connectivity index (χ4v) is 3.82. The topological polar surface area (TPSA) is 112 Å². The van der Waals surface area contributed by atoms with Crippen LogP contribution in [0.2, 0.25) is 0 Å². The van der Waals surface area contributed by atoms with Crippen LogP contribution in [0.5, 0.6) is 0 Å². The second-order valence-corrected chi connectivity index (χ2v) is 7.78. The summed E-state index contributed by atoms with van der Waals surface area (Å²) in [6.07, 6.45) is 3.14. The van der Waals surface area contributed by atoms with Gasteiger partial charge in [-0.3, -0.25) is 9.59 Å². The third-order valence-corrected chi connectivity index (χ3v) is 5.52. The molecule has 1 aliphatic rings. The SMILES string of the molecule is O=C(NCCCC[C@@H]1NC(=O)[C@H](c2c[nH]c3ccccc23)NC1=O)OCc1ccccc1. The lowest BCUT2D eigenvalue weighted by molar-refractivity contribution is -0.137. The highest BCUT2D eigenvalue weighted by Crippen LogP contribution is 2.26. The molecular formula is C24H26N4O4. The lowest BCUT2D eigenvalue weighted by Crippen LogP contribution is -2.57. The number of unbranched alkanes of at least 4 members (excludes halogenated alkanes) is 1. The van der Waals surface area contributed by atoms with E-state index in [0.717, 1.165) is 22.0 Å². The van der Waals surface area contributed by atoms with E-state index in [1.807, 2.05) is 54.6 Å². The highest BCUT2D eigenvalue weighted by molar-refractivity contribution is 6.00. The molecule has 1 saturated heterocycles. The summed E-state index contributed by atoms with van der Waals surface area (Å²) in [5, 5.41) is 9.29. The summed E-state index contributed by atoms with van der Waals surface area (Å²) in [6.45, 7) is 0.659. The van der Waals surface area contributed by atoms with Crippen molar-refractivity contribution in [1.82, 2.24) is 20.9 Å². The lowest BCUT2D eigenvalue weighted by atomic mass is 9.99. The predicted octanol–water partition coefficient (Wildman–Crippen LogP) is 2.92. The van der Waals surface area contributed by atoms with Crippen molar-refractivity contribution in [2.45, 2.75) is 38.0 Å². The Balaban J connectivity index is 1.18. The van der Waals surface area contributed by atoms with Crippen LogP contribution in [-0.2, 0) is 20.9 Å². The summed E-state index contributed by atoms with van der Waals surface area (Å²) in [5.74, 6) is -0.419. The number of nitrogens with one attached hydrogen (secondary N) is 4. The largest absolute Gasteiger partial charge is 0.445 e. The first-order valence-electron chi connectivity index (χ1n) is 10.7. The van der Waals surface area contributed by atoms with Gasteiger partial charge in [0, 0.05) is 29.2 Å². The van der Waals surface area contributed by atoms with E-state index in [9.17, 15) is 14.4 Å². The second-order valence-electron chi connectivity index (χ2n) is 7.78. The normalized spacial score (nSPS) is 18.1. The minimum atomic E-state index is -0.712. The van der Waals surface area contributed by atoms with Gasteiger partial charge >= 0.3 is 6.09 Å². The minimum Gasteiger partial charge on any atom is -0.445 e. The summed E-state index contributed by atoms with van der Waals surface area (Å²) in [6, 6.07) is 15.8. The maximum absolute atomic E-state index is 12.6. The number of piperazine rings is 1. The van der Waals surface area contributed by atoms with E-state index in [0.29, 0.717) is 25.8 Å². The summed E-state index contributed by atoms with van der Waals surface area (Å²) in [5.41, 5.74) is 2.59. The van der Waals surface area contributed by atoms with E-state index in [-0.39, 0.29) is 18.4 Å². The third-order valence-electron chi connectivity index (χ3n) is 5.52. The molecule has 2 aromatic carbocycles. The van der Waals surface area contributed by atoms with Crippen molar-refractivity contribution in [1.29, 1.82) is 0 Å². The molecule has 4 N–H and O–H groups in total. The number of para-hydroxylation sites is 1.